The van der Waals surface area contributed by atoms with Gasteiger partial charge in [-0.2, -0.15) is 18.3 Å². The Balaban J connectivity index is 1.88. The maximum absolute atomic E-state index is 12.9. The van der Waals surface area contributed by atoms with Gasteiger partial charge in [0, 0.05) is 35.0 Å². The number of anilines is 1. The van der Waals surface area contributed by atoms with Crippen LogP contribution in [0.3, 0.4) is 0 Å². The number of hydrogen-bond acceptors (Lipinski definition) is 4. The molecule has 33 heavy (non-hydrogen) atoms. The van der Waals surface area contributed by atoms with E-state index in [0.717, 1.165) is 41.9 Å². The number of nitrogens with zero attached hydrogens (tertiary/aromatic N) is 2. The summed E-state index contributed by atoms with van der Waals surface area (Å²) < 4.78 is 44.3. The van der Waals surface area contributed by atoms with Crippen molar-refractivity contribution in [3.05, 3.63) is 64.7 Å². The molecule has 2 aromatic carbocycles. The molecule has 5 nitrogen and oxygen atoms in total. The van der Waals surface area contributed by atoms with Gasteiger partial charge in [0.2, 0.25) is 0 Å². The topological polar surface area (TPSA) is 53.9 Å². The standard InChI is InChI=1S/C25H28F3N3O2/c1-6-10-31-21-13-22(33-5)18(12-20(21)16(2)14-24(31,3)4)15-29-30-23(32)17-8-7-9-19(11-17)25(26,27)28/h7-9,11-15H,6,10H2,1-5H3,(H,30,32)/b29-15-. The summed E-state index contributed by atoms with van der Waals surface area (Å²) in [5, 5.41) is 3.96. The van der Waals surface area contributed by atoms with Crippen molar-refractivity contribution >= 4 is 23.4 Å². The molecule has 3 rings (SSSR count). The summed E-state index contributed by atoms with van der Waals surface area (Å²) in [4.78, 5) is 14.6. The van der Waals surface area contributed by atoms with Gasteiger partial charge in [-0.1, -0.05) is 19.1 Å². The molecule has 1 heterocycles. The van der Waals surface area contributed by atoms with Crippen molar-refractivity contribution in [2.75, 3.05) is 18.6 Å². The van der Waals surface area contributed by atoms with Gasteiger partial charge in [0.05, 0.1) is 24.4 Å². The number of carbonyl (C=O) groups is 1. The lowest BCUT2D eigenvalue weighted by Crippen LogP contribution is -2.45. The number of hydrazone groups is 1. The van der Waals surface area contributed by atoms with E-state index in [-0.39, 0.29) is 11.1 Å². The van der Waals surface area contributed by atoms with Gasteiger partial charge in [0.1, 0.15) is 5.75 Å². The van der Waals surface area contributed by atoms with Crippen LogP contribution >= 0.6 is 0 Å². The van der Waals surface area contributed by atoms with Crippen molar-refractivity contribution in [2.24, 2.45) is 5.10 Å². The van der Waals surface area contributed by atoms with Crippen LogP contribution in [-0.4, -0.2) is 31.3 Å². The van der Waals surface area contributed by atoms with Gasteiger partial charge >= 0.3 is 6.18 Å². The van der Waals surface area contributed by atoms with Crippen LogP contribution in [0.25, 0.3) is 5.57 Å². The zero-order valence-corrected chi connectivity index (χ0v) is 19.4. The number of carbonyl (C=O) groups excluding carboxylic acids is 1. The Kier molecular flexibility index (Phi) is 6.86. The van der Waals surface area contributed by atoms with Crippen LogP contribution < -0.4 is 15.1 Å². The van der Waals surface area contributed by atoms with Gasteiger partial charge in [-0.3, -0.25) is 4.79 Å². The van der Waals surface area contributed by atoms with Crippen LogP contribution in [0.1, 0.15) is 61.2 Å². The smallest absolute Gasteiger partial charge is 0.416 e. The Hall–Kier alpha value is -3.29. The highest BCUT2D eigenvalue weighted by atomic mass is 19.4. The Bertz CT molecular complexity index is 1100. The Morgan fingerprint density at radius 1 is 1.24 bits per heavy atom. The molecule has 1 amide bonds. The first-order valence-electron chi connectivity index (χ1n) is 10.7. The third kappa shape index (κ3) is 5.21. The lowest BCUT2D eigenvalue weighted by atomic mass is 9.87. The molecule has 2 aromatic rings. The highest BCUT2D eigenvalue weighted by Crippen LogP contribution is 2.42. The normalized spacial score (nSPS) is 15.3. The summed E-state index contributed by atoms with van der Waals surface area (Å²) in [5.74, 6) is -0.154. The third-order valence-corrected chi connectivity index (χ3v) is 5.60. The van der Waals surface area contributed by atoms with E-state index in [2.05, 4.69) is 42.3 Å². The summed E-state index contributed by atoms with van der Waals surface area (Å²) in [7, 11) is 1.56. The SMILES string of the molecule is CCCN1c2cc(OC)c(/C=N\NC(=O)c3cccc(C(F)(F)F)c3)cc2C(C)=CC1(C)C. The minimum Gasteiger partial charge on any atom is -0.496 e. The molecule has 0 spiro atoms. The molecule has 0 unspecified atom stereocenters. The highest BCUT2D eigenvalue weighted by Gasteiger charge is 2.32. The Labute approximate surface area is 191 Å². The van der Waals surface area contributed by atoms with Crippen molar-refractivity contribution in [2.45, 2.75) is 45.8 Å². The fourth-order valence-electron chi connectivity index (χ4n) is 4.09. The molecule has 0 saturated heterocycles. The number of nitrogens with one attached hydrogen (secondary N) is 1. The molecule has 1 aliphatic heterocycles. The molecule has 0 bridgehead atoms. The summed E-state index contributed by atoms with van der Waals surface area (Å²) in [5.41, 5.74) is 4.98. The maximum atomic E-state index is 12.9. The molecule has 0 aromatic heterocycles. The molecule has 0 saturated carbocycles. The van der Waals surface area contributed by atoms with E-state index in [0.29, 0.717) is 11.3 Å². The molecule has 0 radical (unpaired) electrons. The number of fused-ring (bicyclic) bond motifs is 1. The van der Waals surface area contributed by atoms with Gasteiger partial charge in [0.25, 0.3) is 5.91 Å². The number of alkyl halides is 3. The first-order chi connectivity index (χ1) is 15.5. The molecule has 176 valence electrons. The van der Waals surface area contributed by atoms with Crippen molar-refractivity contribution in [1.82, 2.24) is 5.43 Å². The average Bonchev–Trinajstić information content (AvgIpc) is 2.75. The second-order valence-corrected chi connectivity index (χ2v) is 8.52. The van der Waals surface area contributed by atoms with Gasteiger partial charge in [-0.05, 0) is 57.0 Å². The number of benzene rings is 2. The number of amides is 1. The fraction of sp³-hybridized carbons (Fsp3) is 0.360. The predicted octanol–water partition coefficient (Wildman–Crippen LogP) is 5.89. The molecule has 0 atom stereocenters. The first kappa shape index (κ1) is 24.4. The van der Waals surface area contributed by atoms with Crippen molar-refractivity contribution in [3.63, 3.8) is 0 Å². The van der Waals surface area contributed by atoms with Crippen LogP contribution in [0.15, 0.2) is 47.6 Å². The monoisotopic (exact) mass is 459 g/mol. The number of allylic oxidation sites excluding steroid dienone is 1. The lowest BCUT2D eigenvalue weighted by molar-refractivity contribution is -0.137. The number of halogens is 3. The minimum atomic E-state index is -4.53. The largest absolute Gasteiger partial charge is 0.496 e. The van der Waals surface area contributed by atoms with E-state index in [1.807, 2.05) is 19.1 Å². The van der Waals surface area contributed by atoms with Crippen LogP contribution in [-0.2, 0) is 6.18 Å². The van der Waals surface area contributed by atoms with E-state index in [1.165, 1.54) is 18.3 Å². The van der Waals surface area contributed by atoms with Gasteiger partial charge in [-0.25, -0.2) is 5.43 Å². The van der Waals surface area contributed by atoms with Crippen molar-refractivity contribution in [1.29, 1.82) is 0 Å². The molecule has 0 aliphatic carbocycles. The van der Waals surface area contributed by atoms with Crippen LogP contribution in [0, 0.1) is 0 Å². The van der Waals surface area contributed by atoms with Crippen LogP contribution in [0.2, 0.25) is 0 Å². The van der Waals surface area contributed by atoms with E-state index < -0.39 is 17.6 Å². The van der Waals surface area contributed by atoms with E-state index >= 15 is 0 Å². The molecule has 0 fully saturated rings. The van der Waals surface area contributed by atoms with Gasteiger partial charge < -0.3 is 9.64 Å². The predicted molar refractivity (Wildman–Crippen MR) is 125 cm³/mol. The average molecular weight is 460 g/mol. The summed E-state index contributed by atoms with van der Waals surface area (Å²) >= 11 is 0. The van der Waals surface area contributed by atoms with E-state index in [9.17, 15) is 18.0 Å². The van der Waals surface area contributed by atoms with E-state index in [1.54, 1.807) is 7.11 Å². The Morgan fingerprint density at radius 3 is 2.61 bits per heavy atom. The third-order valence-electron chi connectivity index (χ3n) is 5.60. The highest BCUT2D eigenvalue weighted by molar-refractivity contribution is 5.96. The van der Waals surface area contributed by atoms with Crippen molar-refractivity contribution < 1.29 is 22.7 Å². The maximum Gasteiger partial charge on any atom is 0.416 e. The second kappa shape index (κ2) is 9.29. The fourth-order valence-corrected chi connectivity index (χ4v) is 4.09. The number of methoxy groups -OCH3 is 1. The molecule has 1 N–H and O–H groups in total. The quantitative estimate of drug-likeness (QED) is 0.433. The number of hydrogen-bond donors (Lipinski definition) is 1. The van der Waals surface area contributed by atoms with Crippen LogP contribution in [0.5, 0.6) is 5.75 Å². The van der Waals surface area contributed by atoms with Crippen molar-refractivity contribution in [3.8, 4) is 5.75 Å². The molecular weight excluding hydrogens is 431 g/mol. The number of rotatable bonds is 6. The van der Waals surface area contributed by atoms with Gasteiger partial charge in [0.15, 0.2) is 0 Å². The van der Waals surface area contributed by atoms with Crippen LogP contribution in [0.4, 0.5) is 18.9 Å². The minimum absolute atomic E-state index is 0.129. The zero-order chi connectivity index (χ0) is 24.4. The summed E-state index contributed by atoms with van der Waals surface area (Å²) in [6.07, 6.45) is 0.111. The number of ether oxygens (including phenoxy) is 1. The Morgan fingerprint density at radius 2 is 1.97 bits per heavy atom. The molecular formula is C25H28F3N3O2. The first-order valence-corrected chi connectivity index (χ1v) is 10.7. The lowest BCUT2D eigenvalue weighted by Gasteiger charge is -2.43. The molecule has 8 heteroatoms. The summed E-state index contributed by atoms with van der Waals surface area (Å²) in [6, 6.07) is 8.10. The summed E-state index contributed by atoms with van der Waals surface area (Å²) in [6.45, 7) is 9.40. The second-order valence-electron chi connectivity index (χ2n) is 8.52. The van der Waals surface area contributed by atoms with E-state index in [4.69, 9.17) is 4.74 Å². The molecule has 1 aliphatic rings. The van der Waals surface area contributed by atoms with Gasteiger partial charge in [-0.15, -0.1) is 0 Å². The zero-order valence-electron chi connectivity index (χ0n) is 19.4.